The predicted molar refractivity (Wildman–Crippen MR) is 78.7 cm³/mol. The highest BCUT2D eigenvalue weighted by Gasteiger charge is 2.29. The van der Waals surface area contributed by atoms with Crippen LogP contribution in [-0.4, -0.2) is 49.1 Å². The van der Waals surface area contributed by atoms with Crippen molar-refractivity contribution in [2.45, 2.75) is 26.1 Å². The molecule has 1 aliphatic rings. The number of rotatable bonds is 3. The zero-order valence-electron chi connectivity index (χ0n) is 12.1. The molecule has 4 nitrogen and oxygen atoms in total. The minimum atomic E-state index is -0.111. The van der Waals surface area contributed by atoms with E-state index in [0.29, 0.717) is 30.3 Å². The molecular weight excluding hydrogens is 278 g/mol. The molecule has 1 aromatic carbocycles. The number of hydrogen-bond acceptors (Lipinski definition) is 3. The fourth-order valence-electron chi connectivity index (χ4n) is 2.46. The van der Waals surface area contributed by atoms with Gasteiger partial charge >= 0.3 is 0 Å². The van der Waals surface area contributed by atoms with E-state index in [4.69, 9.17) is 21.1 Å². The monoisotopic (exact) mass is 297 g/mol. The molecule has 0 N–H and O–H groups in total. The standard InChI is InChI=1S/C15H20ClNO3/c1-10-4-5-14(19-3)13(6-10)15(18)17-8-11(2)20-12(7-16)9-17/h4-6,11-12H,7-9H2,1-3H3. The van der Waals surface area contributed by atoms with Gasteiger partial charge in [-0.05, 0) is 26.0 Å². The number of alkyl halides is 1. The van der Waals surface area contributed by atoms with Crippen molar-refractivity contribution in [3.05, 3.63) is 29.3 Å². The molecule has 0 aromatic heterocycles. The third kappa shape index (κ3) is 3.25. The van der Waals surface area contributed by atoms with Gasteiger partial charge in [-0.1, -0.05) is 11.6 Å². The summed E-state index contributed by atoms with van der Waals surface area (Å²) >= 11 is 5.86. The number of halogens is 1. The molecule has 0 aliphatic carbocycles. The minimum absolute atomic E-state index is 0.00717. The molecule has 2 atom stereocenters. The van der Waals surface area contributed by atoms with Crippen molar-refractivity contribution in [3.63, 3.8) is 0 Å². The minimum Gasteiger partial charge on any atom is -0.496 e. The van der Waals surface area contributed by atoms with Crippen molar-refractivity contribution in [1.29, 1.82) is 0 Å². The fourth-order valence-corrected chi connectivity index (χ4v) is 2.63. The van der Waals surface area contributed by atoms with Gasteiger partial charge in [-0.15, -0.1) is 11.6 Å². The van der Waals surface area contributed by atoms with Gasteiger partial charge < -0.3 is 14.4 Å². The van der Waals surface area contributed by atoms with Crippen LogP contribution >= 0.6 is 11.6 Å². The quantitative estimate of drug-likeness (QED) is 0.805. The van der Waals surface area contributed by atoms with Crippen LogP contribution in [0.4, 0.5) is 0 Å². The SMILES string of the molecule is COc1ccc(C)cc1C(=O)N1CC(C)OC(CCl)C1. The summed E-state index contributed by atoms with van der Waals surface area (Å²) in [5.41, 5.74) is 1.62. The molecule has 110 valence electrons. The zero-order valence-corrected chi connectivity index (χ0v) is 12.8. The van der Waals surface area contributed by atoms with Gasteiger partial charge in [-0.3, -0.25) is 4.79 Å². The molecule has 5 heteroatoms. The van der Waals surface area contributed by atoms with Gasteiger partial charge in [0.15, 0.2) is 0 Å². The van der Waals surface area contributed by atoms with Crippen LogP contribution in [0.2, 0.25) is 0 Å². The second-order valence-corrected chi connectivity index (χ2v) is 5.45. The molecule has 1 amide bonds. The van der Waals surface area contributed by atoms with E-state index in [1.807, 2.05) is 32.0 Å². The molecule has 1 aliphatic heterocycles. The molecular formula is C15H20ClNO3. The fraction of sp³-hybridized carbons (Fsp3) is 0.533. The highest BCUT2D eigenvalue weighted by Crippen LogP contribution is 2.23. The summed E-state index contributed by atoms with van der Waals surface area (Å²) in [6.07, 6.45) is -0.118. The number of methoxy groups -OCH3 is 1. The maximum Gasteiger partial charge on any atom is 0.257 e. The molecule has 1 aromatic rings. The van der Waals surface area contributed by atoms with Gasteiger partial charge in [0, 0.05) is 13.1 Å². The van der Waals surface area contributed by atoms with Gasteiger partial charge in [0.2, 0.25) is 0 Å². The first-order chi connectivity index (χ1) is 9.55. The topological polar surface area (TPSA) is 38.8 Å². The maximum absolute atomic E-state index is 12.7. The summed E-state index contributed by atoms with van der Waals surface area (Å²) in [6.45, 7) is 5.00. The first kappa shape index (κ1) is 15.1. The first-order valence-electron chi connectivity index (χ1n) is 6.70. The summed E-state index contributed by atoms with van der Waals surface area (Å²) in [7, 11) is 1.57. The molecule has 0 spiro atoms. The van der Waals surface area contributed by atoms with Crippen molar-refractivity contribution in [2.75, 3.05) is 26.1 Å². The highest BCUT2D eigenvalue weighted by atomic mass is 35.5. The van der Waals surface area contributed by atoms with Crippen LogP contribution in [0, 0.1) is 6.92 Å². The molecule has 2 unspecified atom stereocenters. The molecule has 0 saturated carbocycles. The Morgan fingerprint density at radius 3 is 2.90 bits per heavy atom. The van der Waals surface area contributed by atoms with Crippen molar-refractivity contribution in [2.24, 2.45) is 0 Å². The lowest BCUT2D eigenvalue weighted by molar-refractivity contribution is -0.0571. The second kappa shape index (κ2) is 6.46. The first-order valence-corrected chi connectivity index (χ1v) is 7.24. The number of benzene rings is 1. The van der Waals surface area contributed by atoms with Crippen LogP contribution in [0.5, 0.6) is 5.75 Å². The summed E-state index contributed by atoms with van der Waals surface area (Å²) in [5, 5.41) is 0. The molecule has 2 rings (SSSR count). The summed E-state index contributed by atoms with van der Waals surface area (Å²) < 4.78 is 11.0. The lowest BCUT2D eigenvalue weighted by Crippen LogP contribution is -2.49. The van der Waals surface area contributed by atoms with E-state index >= 15 is 0 Å². The number of nitrogens with zero attached hydrogens (tertiary/aromatic N) is 1. The van der Waals surface area contributed by atoms with Crippen molar-refractivity contribution < 1.29 is 14.3 Å². The van der Waals surface area contributed by atoms with E-state index < -0.39 is 0 Å². The molecule has 0 bridgehead atoms. The Morgan fingerprint density at radius 2 is 2.25 bits per heavy atom. The number of amides is 1. The number of carbonyl (C=O) groups is 1. The summed E-state index contributed by atoms with van der Waals surface area (Å²) in [5.74, 6) is 0.956. The Kier molecular flexibility index (Phi) is 4.89. The lowest BCUT2D eigenvalue weighted by atomic mass is 10.1. The molecule has 1 fully saturated rings. The Hall–Kier alpha value is -1.26. The van der Waals surface area contributed by atoms with E-state index in [-0.39, 0.29) is 18.1 Å². The van der Waals surface area contributed by atoms with Crippen molar-refractivity contribution in [1.82, 2.24) is 4.90 Å². The van der Waals surface area contributed by atoms with Crippen LogP contribution in [-0.2, 0) is 4.74 Å². The van der Waals surface area contributed by atoms with Crippen molar-refractivity contribution >= 4 is 17.5 Å². The summed E-state index contributed by atoms with van der Waals surface area (Å²) in [4.78, 5) is 14.5. The average Bonchev–Trinajstić information content (AvgIpc) is 2.45. The second-order valence-electron chi connectivity index (χ2n) is 5.14. The lowest BCUT2D eigenvalue weighted by Gasteiger charge is -2.36. The Bertz CT molecular complexity index is 492. The third-order valence-corrected chi connectivity index (χ3v) is 3.72. The summed E-state index contributed by atoms with van der Waals surface area (Å²) in [6, 6.07) is 5.61. The van der Waals surface area contributed by atoms with E-state index in [1.165, 1.54) is 0 Å². The van der Waals surface area contributed by atoms with E-state index in [0.717, 1.165) is 5.56 Å². The molecule has 1 heterocycles. The number of hydrogen-bond donors (Lipinski definition) is 0. The van der Waals surface area contributed by atoms with Crippen LogP contribution in [0.3, 0.4) is 0 Å². The van der Waals surface area contributed by atoms with Crippen LogP contribution < -0.4 is 4.74 Å². The van der Waals surface area contributed by atoms with Gasteiger partial charge in [-0.25, -0.2) is 0 Å². The number of ether oxygens (including phenoxy) is 2. The van der Waals surface area contributed by atoms with Crippen LogP contribution in [0.25, 0.3) is 0 Å². The van der Waals surface area contributed by atoms with E-state index in [1.54, 1.807) is 12.0 Å². The Labute approximate surface area is 124 Å². The van der Waals surface area contributed by atoms with Gasteiger partial charge in [0.25, 0.3) is 5.91 Å². The largest absolute Gasteiger partial charge is 0.496 e. The van der Waals surface area contributed by atoms with Crippen molar-refractivity contribution in [3.8, 4) is 5.75 Å². The number of aryl methyl sites for hydroxylation is 1. The van der Waals surface area contributed by atoms with Crippen LogP contribution in [0.15, 0.2) is 18.2 Å². The Morgan fingerprint density at radius 1 is 1.50 bits per heavy atom. The molecule has 1 saturated heterocycles. The normalized spacial score (nSPS) is 22.7. The van der Waals surface area contributed by atoms with Gasteiger partial charge in [0.05, 0.1) is 30.8 Å². The van der Waals surface area contributed by atoms with Gasteiger partial charge in [0.1, 0.15) is 5.75 Å². The molecule has 20 heavy (non-hydrogen) atoms. The van der Waals surface area contributed by atoms with E-state index in [2.05, 4.69) is 0 Å². The Balaban J connectivity index is 2.24. The third-order valence-electron chi connectivity index (χ3n) is 3.37. The van der Waals surface area contributed by atoms with Gasteiger partial charge in [-0.2, -0.15) is 0 Å². The highest BCUT2D eigenvalue weighted by molar-refractivity contribution is 6.18. The number of carbonyl (C=O) groups excluding carboxylic acids is 1. The smallest absolute Gasteiger partial charge is 0.257 e. The maximum atomic E-state index is 12.7. The van der Waals surface area contributed by atoms with E-state index in [9.17, 15) is 4.79 Å². The molecule has 0 radical (unpaired) electrons. The number of morpholine rings is 1. The zero-order chi connectivity index (χ0) is 14.7. The van der Waals surface area contributed by atoms with Crippen LogP contribution in [0.1, 0.15) is 22.8 Å². The predicted octanol–water partition coefficient (Wildman–Crippen LogP) is 2.47. The average molecular weight is 298 g/mol.